The van der Waals surface area contributed by atoms with Gasteiger partial charge in [-0.1, -0.05) is 90.8 Å². The number of nitrogens with zero attached hydrogens (tertiary/aromatic N) is 2. The van der Waals surface area contributed by atoms with Crippen LogP contribution in [0.15, 0.2) is 82.6 Å². The summed E-state index contributed by atoms with van der Waals surface area (Å²) in [5, 5.41) is 0. The Bertz CT molecular complexity index is 1330. The topological polar surface area (TPSA) is 40.6 Å². The Morgan fingerprint density at radius 3 is 2.46 bits per heavy atom. The van der Waals surface area contributed by atoms with Crippen molar-refractivity contribution < 1.29 is 9.59 Å². The van der Waals surface area contributed by atoms with E-state index in [2.05, 4.69) is 30.0 Å². The number of Topliss-reactive ketones (excluding diaryl/α,β-unsaturated/α-hetero) is 1. The molecule has 0 aliphatic carbocycles. The summed E-state index contributed by atoms with van der Waals surface area (Å²) in [6.07, 6.45) is 9.75. The number of aryl methyl sites for hydroxylation is 1. The second kappa shape index (κ2) is 13.3. The van der Waals surface area contributed by atoms with Crippen molar-refractivity contribution in [2.45, 2.75) is 63.3 Å². The monoisotopic (exact) mass is 538 g/mol. The molecule has 202 valence electrons. The number of amides is 1. The van der Waals surface area contributed by atoms with Crippen LogP contribution in [0.5, 0.6) is 0 Å². The third-order valence-corrected chi connectivity index (χ3v) is 8.67. The first-order valence-corrected chi connectivity index (χ1v) is 15.1. The molecule has 0 atom stereocenters. The summed E-state index contributed by atoms with van der Waals surface area (Å²) in [6, 6.07) is 24.1. The van der Waals surface area contributed by atoms with E-state index < -0.39 is 0 Å². The Labute approximate surface area is 237 Å². The summed E-state index contributed by atoms with van der Waals surface area (Å²) in [7, 11) is 0. The Morgan fingerprint density at radius 1 is 0.897 bits per heavy atom. The molecule has 1 saturated heterocycles. The van der Waals surface area contributed by atoms with E-state index in [1.165, 1.54) is 50.5 Å². The molecule has 1 fully saturated rings. The van der Waals surface area contributed by atoms with Crippen LogP contribution in [0.2, 0.25) is 0 Å². The Morgan fingerprint density at radius 2 is 1.69 bits per heavy atom. The maximum Gasteiger partial charge on any atom is 0.265 e. The van der Waals surface area contributed by atoms with Gasteiger partial charge in [-0.15, -0.1) is 0 Å². The zero-order valence-corrected chi connectivity index (χ0v) is 23.7. The standard InChI is InChI=1S/C34H38N2O2S/c1-26-12-11-15-28(22-26)25-36-30-24-29(31(37)16-7-10-21-35-19-8-2-3-9-20-35)17-18-32(30)39-33(34(36)38)23-27-13-5-4-6-14-27/h4-6,11-15,17-18,22-24H,2-3,7-10,16,19-21,25H2,1H3/b33-23-. The molecule has 3 aromatic rings. The minimum absolute atomic E-state index is 0.0279. The maximum absolute atomic E-state index is 13.8. The van der Waals surface area contributed by atoms with E-state index in [0.717, 1.165) is 46.7 Å². The molecule has 0 bridgehead atoms. The van der Waals surface area contributed by atoms with Crippen LogP contribution in [0.3, 0.4) is 0 Å². The van der Waals surface area contributed by atoms with E-state index >= 15 is 0 Å². The molecule has 0 N–H and O–H groups in total. The first-order chi connectivity index (χ1) is 19.1. The van der Waals surface area contributed by atoms with E-state index in [1.54, 1.807) is 0 Å². The van der Waals surface area contributed by atoms with Crippen LogP contribution in [0, 0.1) is 6.92 Å². The third kappa shape index (κ3) is 7.28. The van der Waals surface area contributed by atoms with Crippen molar-refractivity contribution in [3.05, 3.63) is 100.0 Å². The Hall–Kier alpha value is -3.15. The second-order valence-corrected chi connectivity index (χ2v) is 11.8. The van der Waals surface area contributed by atoms with Gasteiger partial charge in [0.1, 0.15) is 0 Å². The minimum atomic E-state index is -0.0279. The molecule has 5 heteroatoms. The lowest BCUT2D eigenvalue weighted by Crippen LogP contribution is -2.34. The molecular weight excluding hydrogens is 500 g/mol. The lowest BCUT2D eigenvalue weighted by molar-refractivity contribution is -0.114. The predicted molar refractivity (Wildman–Crippen MR) is 162 cm³/mol. The van der Waals surface area contributed by atoms with Crippen LogP contribution in [0.25, 0.3) is 6.08 Å². The number of carbonyl (C=O) groups excluding carboxylic acids is 2. The van der Waals surface area contributed by atoms with Crippen LogP contribution in [-0.2, 0) is 11.3 Å². The van der Waals surface area contributed by atoms with Gasteiger partial charge in [-0.2, -0.15) is 0 Å². The lowest BCUT2D eigenvalue weighted by atomic mass is 10.0. The number of carbonyl (C=O) groups is 2. The molecule has 0 spiro atoms. The van der Waals surface area contributed by atoms with E-state index in [0.29, 0.717) is 23.4 Å². The van der Waals surface area contributed by atoms with Gasteiger partial charge in [-0.3, -0.25) is 9.59 Å². The number of unbranched alkanes of at least 4 members (excludes halogenated alkanes) is 1. The Kier molecular flexibility index (Phi) is 9.33. The highest BCUT2D eigenvalue weighted by Crippen LogP contribution is 2.43. The van der Waals surface area contributed by atoms with Crippen molar-refractivity contribution in [3.63, 3.8) is 0 Å². The smallest absolute Gasteiger partial charge is 0.265 e. The van der Waals surface area contributed by atoms with E-state index in [4.69, 9.17) is 0 Å². The molecule has 0 aromatic heterocycles. The molecule has 2 aliphatic heterocycles. The summed E-state index contributed by atoms with van der Waals surface area (Å²) in [6.45, 7) is 6.01. The van der Waals surface area contributed by atoms with Gasteiger partial charge in [0.05, 0.1) is 17.1 Å². The zero-order chi connectivity index (χ0) is 27.0. The average molecular weight is 539 g/mol. The van der Waals surface area contributed by atoms with Crippen molar-refractivity contribution in [3.8, 4) is 0 Å². The van der Waals surface area contributed by atoms with Crippen LogP contribution in [0.4, 0.5) is 5.69 Å². The highest BCUT2D eigenvalue weighted by atomic mass is 32.2. The number of likely N-dealkylation sites (tertiary alicyclic amines) is 1. The molecule has 1 amide bonds. The summed E-state index contributed by atoms with van der Waals surface area (Å²) in [4.78, 5) is 33.1. The summed E-state index contributed by atoms with van der Waals surface area (Å²) < 4.78 is 0. The number of fused-ring (bicyclic) bond motifs is 1. The fourth-order valence-electron chi connectivity index (χ4n) is 5.46. The van der Waals surface area contributed by atoms with Gasteiger partial charge in [0.15, 0.2) is 5.78 Å². The van der Waals surface area contributed by atoms with Gasteiger partial charge in [0, 0.05) is 16.9 Å². The number of thioether (sulfide) groups is 1. The lowest BCUT2D eigenvalue weighted by Gasteiger charge is -2.31. The normalized spacial score (nSPS) is 17.2. The quantitative estimate of drug-likeness (QED) is 0.158. The number of hydrogen-bond donors (Lipinski definition) is 0. The number of benzene rings is 3. The molecule has 0 radical (unpaired) electrons. The highest BCUT2D eigenvalue weighted by Gasteiger charge is 2.30. The van der Waals surface area contributed by atoms with Crippen molar-refractivity contribution >= 4 is 35.2 Å². The largest absolute Gasteiger partial charge is 0.303 e. The van der Waals surface area contributed by atoms with Crippen molar-refractivity contribution in [2.24, 2.45) is 0 Å². The molecule has 0 unspecified atom stereocenters. The second-order valence-electron chi connectivity index (χ2n) is 10.7. The zero-order valence-electron chi connectivity index (χ0n) is 22.9. The van der Waals surface area contributed by atoms with Crippen LogP contribution in [0.1, 0.15) is 72.0 Å². The molecule has 2 heterocycles. The molecule has 3 aromatic carbocycles. The van der Waals surface area contributed by atoms with Gasteiger partial charge in [0.25, 0.3) is 5.91 Å². The third-order valence-electron chi connectivity index (χ3n) is 7.59. The van der Waals surface area contributed by atoms with Crippen LogP contribution < -0.4 is 4.90 Å². The summed E-state index contributed by atoms with van der Waals surface area (Å²) in [5.41, 5.74) is 4.76. The molecule has 4 nitrogen and oxygen atoms in total. The fraction of sp³-hybridized carbons (Fsp3) is 0.353. The van der Waals surface area contributed by atoms with Crippen LogP contribution in [-0.4, -0.2) is 36.2 Å². The van der Waals surface area contributed by atoms with Gasteiger partial charge >= 0.3 is 0 Å². The van der Waals surface area contributed by atoms with Crippen molar-refractivity contribution in [1.82, 2.24) is 4.90 Å². The minimum Gasteiger partial charge on any atom is -0.303 e. The fourth-order valence-corrected chi connectivity index (χ4v) is 6.50. The Balaban J connectivity index is 1.33. The van der Waals surface area contributed by atoms with Crippen LogP contribution >= 0.6 is 11.8 Å². The van der Waals surface area contributed by atoms with Crippen molar-refractivity contribution in [1.29, 1.82) is 0 Å². The maximum atomic E-state index is 13.8. The van der Waals surface area contributed by atoms with Gasteiger partial charge in [-0.05, 0) is 81.6 Å². The summed E-state index contributed by atoms with van der Waals surface area (Å²) in [5.74, 6) is 0.132. The van der Waals surface area contributed by atoms with Crippen molar-refractivity contribution in [2.75, 3.05) is 24.5 Å². The molecule has 39 heavy (non-hydrogen) atoms. The van der Waals surface area contributed by atoms with Gasteiger partial charge < -0.3 is 9.80 Å². The van der Waals surface area contributed by atoms with E-state index in [9.17, 15) is 9.59 Å². The first-order valence-electron chi connectivity index (χ1n) is 14.3. The molecule has 5 rings (SSSR count). The van der Waals surface area contributed by atoms with E-state index in [1.807, 2.05) is 65.6 Å². The van der Waals surface area contributed by atoms with E-state index in [-0.39, 0.29) is 11.7 Å². The SMILES string of the molecule is Cc1cccc(CN2C(=O)/C(=C/c3ccccc3)Sc3ccc(C(=O)CCCCN4CCCCCC4)cc32)c1. The first kappa shape index (κ1) is 27.4. The number of anilines is 1. The molecule has 0 saturated carbocycles. The molecular formula is C34H38N2O2S. The predicted octanol–water partition coefficient (Wildman–Crippen LogP) is 7.90. The van der Waals surface area contributed by atoms with Gasteiger partial charge in [-0.25, -0.2) is 0 Å². The van der Waals surface area contributed by atoms with Gasteiger partial charge in [0.2, 0.25) is 0 Å². The number of hydrogen-bond acceptors (Lipinski definition) is 4. The highest BCUT2D eigenvalue weighted by molar-refractivity contribution is 8.04. The summed E-state index contributed by atoms with van der Waals surface area (Å²) >= 11 is 1.49. The number of rotatable bonds is 9. The average Bonchev–Trinajstić information content (AvgIpc) is 3.22. The number of ketones is 1. The molecule has 2 aliphatic rings.